The van der Waals surface area contributed by atoms with E-state index in [2.05, 4.69) is 33.4 Å². The third-order valence-electron chi connectivity index (χ3n) is 3.30. The maximum Gasteiger partial charge on any atom is 0.137 e. The average Bonchev–Trinajstić information content (AvgIpc) is 2.37. The third-order valence-corrected chi connectivity index (χ3v) is 3.79. The van der Waals surface area contributed by atoms with Gasteiger partial charge >= 0.3 is 0 Å². The summed E-state index contributed by atoms with van der Waals surface area (Å²) in [6.45, 7) is 1.94. The molecule has 1 N–H and O–H groups in total. The molecule has 1 heterocycles. The predicted molar refractivity (Wildman–Crippen MR) is 73.1 cm³/mol. The van der Waals surface area contributed by atoms with Crippen LogP contribution >= 0.6 is 15.9 Å². The molecule has 0 aromatic heterocycles. The molecular weight excluding hydrogens is 278 g/mol. The van der Waals surface area contributed by atoms with Crippen LogP contribution in [0.2, 0.25) is 0 Å². The lowest BCUT2D eigenvalue weighted by atomic mass is 9.92. The first-order valence-corrected chi connectivity index (χ1v) is 7.03. The normalized spacial score (nSPS) is 20.2. The number of aryl methyl sites for hydroxylation is 1. The first kappa shape index (κ1) is 12.8. The number of hydrogen-bond acceptors (Lipinski definition) is 2. The Morgan fingerprint density at radius 2 is 2.35 bits per heavy atom. The van der Waals surface area contributed by atoms with Crippen molar-refractivity contribution in [2.75, 3.05) is 13.1 Å². The number of benzene rings is 1. The molecule has 1 aromatic rings. The van der Waals surface area contributed by atoms with E-state index in [1.807, 2.05) is 12.1 Å². The van der Waals surface area contributed by atoms with Crippen LogP contribution < -0.4 is 5.32 Å². The first-order valence-electron chi connectivity index (χ1n) is 6.23. The molecule has 1 aromatic carbocycles. The summed E-state index contributed by atoms with van der Waals surface area (Å²) in [7, 11) is 0. The van der Waals surface area contributed by atoms with E-state index in [4.69, 9.17) is 0 Å². The molecule has 1 fully saturated rings. The van der Waals surface area contributed by atoms with Crippen molar-refractivity contribution < 1.29 is 4.79 Å². The Hall–Kier alpha value is -0.670. The number of piperidine rings is 1. The van der Waals surface area contributed by atoms with Crippen LogP contribution in [-0.2, 0) is 11.2 Å². The van der Waals surface area contributed by atoms with E-state index in [1.165, 1.54) is 5.56 Å². The monoisotopic (exact) mass is 295 g/mol. The number of rotatable bonds is 4. The molecule has 0 spiro atoms. The highest BCUT2D eigenvalue weighted by molar-refractivity contribution is 9.10. The van der Waals surface area contributed by atoms with Crippen molar-refractivity contribution in [3.8, 4) is 0 Å². The molecule has 2 nitrogen and oxygen atoms in total. The van der Waals surface area contributed by atoms with Gasteiger partial charge in [-0.25, -0.2) is 0 Å². The maximum absolute atomic E-state index is 12.0. The van der Waals surface area contributed by atoms with Crippen molar-refractivity contribution in [2.45, 2.75) is 25.7 Å². The van der Waals surface area contributed by atoms with Crippen molar-refractivity contribution >= 4 is 21.7 Å². The molecule has 1 aliphatic heterocycles. The van der Waals surface area contributed by atoms with Gasteiger partial charge in [0.1, 0.15) is 5.78 Å². The zero-order valence-corrected chi connectivity index (χ0v) is 11.5. The van der Waals surface area contributed by atoms with Crippen molar-refractivity contribution in [2.24, 2.45) is 5.92 Å². The summed E-state index contributed by atoms with van der Waals surface area (Å²) in [6.07, 6.45) is 3.72. The fraction of sp³-hybridized carbons (Fsp3) is 0.500. The highest BCUT2D eigenvalue weighted by Crippen LogP contribution is 2.16. The zero-order chi connectivity index (χ0) is 12.1. The van der Waals surface area contributed by atoms with Crippen LogP contribution in [0.15, 0.2) is 28.7 Å². The molecule has 3 heteroatoms. The van der Waals surface area contributed by atoms with Crippen molar-refractivity contribution in [3.05, 3.63) is 34.3 Å². The smallest absolute Gasteiger partial charge is 0.137 e. The van der Waals surface area contributed by atoms with Crippen LogP contribution in [0, 0.1) is 5.92 Å². The Kier molecular flexibility index (Phi) is 4.75. The lowest BCUT2D eigenvalue weighted by Crippen LogP contribution is -2.34. The third kappa shape index (κ3) is 3.93. The van der Waals surface area contributed by atoms with Crippen molar-refractivity contribution in [1.29, 1.82) is 0 Å². The van der Waals surface area contributed by atoms with E-state index in [0.717, 1.165) is 36.8 Å². The standard InChI is InChI=1S/C14H18BrNO/c15-13-5-1-3-11(9-13)6-7-14(17)12-4-2-8-16-10-12/h1,3,5,9,12,16H,2,4,6-8,10H2. The molecule has 1 aliphatic rings. The van der Waals surface area contributed by atoms with Gasteiger partial charge < -0.3 is 5.32 Å². The number of carbonyl (C=O) groups is 1. The van der Waals surface area contributed by atoms with Crippen molar-refractivity contribution in [3.63, 3.8) is 0 Å². The van der Waals surface area contributed by atoms with Crippen LogP contribution in [0.4, 0.5) is 0 Å². The minimum Gasteiger partial charge on any atom is -0.316 e. The summed E-state index contributed by atoms with van der Waals surface area (Å²) in [5.74, 6) is 0.660. The molecule has 0 amide bonds. The van der Waals surface area contributed by atoms with Gasteiger partial charge in [0, 0.05) is 23.4 Å². The molecule has 92 valence electrons. The predicted octanol–water partition coefficient (Wildman–Crippen LogP) is 2.95. The molecule has 1 atom stereocenters. The second-order valence-corrected chi connectivity index (χ2v) is 5.56. The van der Waals surface area contributed by atoms with Gasteiger partial charge in [-0.2, -0.15) is 0 Å². The summed E-state index contributed by atoms with van der Waals surface area (Å²) in [4.78, 5) is 12.0. The second-order valence-electron chi connectivity index (χ2n) is 4.64. The Bertz CT molecular complexity index is 386. The lowest BCUT2D eigenvalue weighted by Gasteiger charge is -2.21. The Morgan fingerprint density at radius 1 is 1.47 bits per heavy atom. The fourth-order valence-corrected chi connectivity index (χ4v) is 2.74. The molecule has 0 saturated carbocycles. The van der Waals surface area contributed by atoms with Gasteiger partial charge in [-0.3, -0.25) is 4.79 Å². The van der Waals surface area contributed by atoms with E-state index in [0.29, 0.717) is 12.2 Å². The molecule has 0 radical (unpaired) electrons. The molecule has 17 heavy (non-hydrogen) atoms. The van der Waals surface area contributed by atoms with Gasteiger partial charge in [-0.05, 0) is 43.5 Å². The van der Waals surface area contributed by atoms with Crippen LogP contribution in [0.5, 0.6) is 0 Å². The zero-order valence-electron chi connectivity index (χ0n) is 9.92. The van der Waals surface area contributed by atoms with Gasteiger partial charge in [-0.15, -0.1) is 0 Å². The molecule has 0 aliphatic carbocycles. The van der Waals surface area contributed by atoms with E-state index < -0.39 is 0 Å². The Labute approximate surface area is 111 Å². The number of nitrogens with one attached hydrogen (secondary N) is 1. The largest absolute Gasteiger partial charge is 0.316 e. The van der Waals surface area contributed by atoms with E-state index in [1.54, 1.807) is 0 Å². The second kappa shape index (κ2) is 6.31. The lowest BCUT2D eigenvalue weighted by molar-refractivity contribution is -0.123. The minimum atomic E-state index is 0.246. The van der Waals surface area contributed by atoms with E-state index in [-0.39, 0.29) is 5.92 Å². The maximum atomic E-state index is 12.0. The average molecular weight is 296 g/mol. The highest BCUT2D eigenvalue weighted by atomic mass is 79.9. The number of halogens is 1. The fourth-order valence-electron chi connectivity index (χ4n) is 2.29. The van der Waals surface area contributed by atoms with Crippen molar-refractivity contribution in [1.82, 2.24) is 5.32 Å². The van der Waals surface area contributed by atoms with Gasteiger partial charge in [0.05, 0.1) is 0 Å². The quantitative estimate of drug-likeness (QED) is 0.925. The summed E-state index contributed by atoms with van der Waals surface area (Å²) in [5.41, 5.74) is 1.23. The SMILES string of the molecule is O=C(CCc1cccc(Br)c1)C1CCCNC1. The molecule has 0 bridgehead atoms. The van der Waals surface area contributed by atoms with Gasteiger partial charge in [0.25, 0.3) is 0 Å². The number of carbonyl (C=O) groups excluding carboxylic acids is 1. The van der Waals surface area contributed by atoms with Gasteiger partial charge in [0.2, 0.25) is 0 Å². The summed E-state index contributed by atoms with van der Waals surface area (Å²) >= 11 is 3.45. The minimum absolute atomic E-state index is 0.246. The van der Waals surface area contributed by atoms with Crippen LogP contribution in [0.25, 0.3) is 0 Å². The van der Waals surface area contributed by atoms with Crippen LogP contribution in [-0.4, -0.2) is 18.9 Å². The summed E-state index contributed by atoms with van der Waals surface area (Å²) < 4.78 is 1.08. The molecular formula is C14H18BrNO. The van der Waals surface area contributed by atoms with Crippen LogP contribution in [0.3, 0.4) is 0 Å². The number of ketones is 1. The topological polar surface area (TPSA) is 29.1 Å². The number of hydrogen-bond donors (Lipinski definition) is 1. The highest BCUT2D eigenvalue weighted by Gasteiger charge is 2.20. The molecule has 2 rings (SSSR count). The van der Waals surface area contributed by atoms with E-state index in [9.17, 15) is 4.79 Å². The van der Waals surface area contributed by atoms with Gasteiger partial charge in [0.15, 0.2) is 0 Å². The van der Waals surface area contributed by atoms with Gasteiger partial charge in [-0.1, -0.05) is 28.1 Å². The molecule has 1 saturated heterocycles. The Balaban J connectivity index is 1.83. The van der Waals surface area contributed by atoms with E-state index >= 15 is 0 Å². The first-order chi connectivity index (χ1) is 8.25. The summed E-state index contributed by atoms with van der Waals surface area (Å²) in [5, 5.41) is 3.29. The number of Topliss-reactive ketones (excluding diaryl/α,β-unsaturated/α-hetero) is 1. The van der Waals surface area contributed by atoms with Crippen LogP contribution in [0.1, 0.15) is 24.8 Å². The molecule has 1 unspecified atom stereocenters. The summed E-state index contributed by atoms with van der Waals surface area (Å²) in [6, 6.07) is 8.20. The Morgan fingerprint density at radius 3 is 3.06 bits per heavy atom.